The number of anilines is 2. The molecule has 0 bridgehead atoms. The van der Waals surface area contributed by atoms with Gasteiger partial charge in [0.25, 0.3) is 0 Å². The van der Waals surface area contributed by atoms with Crippen LogP contribution in [0.15, 0.2) is 54.7 Å². The summed E-state index contributed by atoms with van der Waals surface area (Å²) in [5.41, 5.74) is 4.68. The first kappa shape index (κ1) is 17.2. The van der Waals surface area contributed by atoms with Crippen LogP contribution in [-0.4, -0.2) is 22.9 Å². The fourth-order valence-electron chi connectivity index (χ4n) is 3.38. The second kappa shape index (κ2) is 7.19. The Morgan fingerprint density at radius 1 is 1.04 bits per heavy atom. The average molecular weight is 359 g/mol. The minimum Gasteiger partial charge on any atom is -0.497 e. The van der Waals surface area contributed by atoms with Gasteiger partial charge >= 0.3 is 0 Å². The van der Waals surface area contributed by atoms with E-state index < -0.39 is 0 Å². The molecule has 0 spiro atoms. The average Bonchev–Trinajstić information content (AvgIpc) is 2.69. The lowest BCUT2D eigenvalue weighted by atomic mass is 9.82. The van der Waals surface area contributed by atoms with Gasteiger partial charge in [-0.2, -0.15) is 0 Å². The van der Waals surface area contributed by atoms with Gasteiger partial charge < -0.3 is 10.1 Å². The maximum absolute atomic E-state index is 12.6. The molecule has 1 aliphatic rings. The topological polar surface area (TPSA) is 64.1 Å². The molecule has 27 heavy (non-hydrogen) atoms. The van der Waals surface area contributed by atoms with Gasteiger partial charge in [0.2, 0.25) is 5.95 Å². The highest BCUT2D eigenvalue weighted by Gasteiger charge is 2.28. The predicted octanol–water partition coefficient (Wildman–Crippen LogP) is 4.45. The fourth-order valence-corrected chi connectivity index (χ4v) is 3.38. The third-order valence-corrected chi connectivity index (χ3v) is 4.93. The van der Waals surface area contributed by atoms with Crippen LogP contribution in [0.3, 0.4) is 0 Å². The van der Waals surface area contributed by atoms with Gasteiger partial charge in [0.1, 0.15) is 5.75 Å². The highest BCUT2D eigenvalue weighted by molar-refractivity contribution is 5.98. The number of carbonyl (C=O) groups excluding carboxylic acids is 1. The van der Waals surface area contributed by atoms with Crippen molar-refractivity contribution in [1.29, 1.82) is 0 Å². The molecule has 5 nitrogen and oxygen atoms in total. The number of aryl methyl sites for hydroxylation is 1. The van der Waals surface area contributed by atoms with E-state index in [4.69, 9.17) is 4.74 Å². The summed E-state index contributed by atoms with van der Waals surface area (Å²) in [7, 11) is 1.65. The second-order valence-electron chi connectivity index (χ2n) is 6.85. The molecular formula is C22H21N3O2. The van der Waals surface area contributed by atoms with Gasteiger partial charge in [-0.3, -0.25) is 4.79 Å². The van der Waals surface area contributed by atoms with E-state index in [1.165, 1.54) is 5.56 Å². The van der Waals surface area contributed by atoms with E-state index in [0.717, 1.165) is 29.1 Å². The Labute approximate surface area is 158 Å². The van der Waals surface area contributed by atoms with Crippen molar-refractivity contribution in [3.05, 3.63) is 77.1 Å². The molecule has 4 rings (SSSR count). The van der Waals surface area contributed by atoms with Gasteiger partial charge in [-0.05, 0) is 49.1 Å². The molecule has 1 heterocycles. The van der Waals surface area contributed by atoms with Gasteiger partial charge in [-0.15, -0.1) is 0 Å². The van der Waals surface area contributed by atoms with Crippen molar-refractivity contribution >= 4 is 17.4 Å². The minimum absolute atomic E-state index is 0.0963. The summed E-state index contributed by atoms with van der Waals surface area (Å²) in [5, 5.41) is 3.22. The molecule has 1 N–H and O–H groups in total. The van der Waals surface area contributed by atoms with E-state index in [-0.39, 0.29) is 11.7 Å². The molecule has 0 aliphatic heterocycles. The Hall–Kier alpha value is -3.21. The zero-order valence-electron chi connectivity index (χ0n) is 15.4. The first-order valence-corrected chi connectivity index (χ1v) is 8.99. The van der Waals surface area contributed by atoms with Crippen LogP contribution < -0.4 is 10.1 Å². The number of benzene rings is 2. The van der Waals surface area contributed by atoms with Crippen molar-refractivity contribution in [2.45, 2.75) is 25.7 Å². The zero-order chi connectivity index (χ0) is 18.8. The van der Waals surface area contributed by atoms with E-state index in [9.17, 15) is 4.79 Å². The van der Waals surface area contributed by atoms with E-state index in [2.05, 4.69) is 15.3 Å². The van der Waals surface area contributed by atoms with Crippen LogP contribution in [0, 0.1) is 6.92 Å². The van der Waals surface area contributed by atoms with Crippen LogP contribution in [0.5, 0.6) is 5.75 Å². The number of Topliss-reactive ketones (excluding diaryl/α,β-unsaturated/α-hetero) is 1. The van der Waals surface area contributed by atoms with Crippen molar-refractivity contribution in [2.24, 2.45) is 0 Å². The molecule has 0 amide bonds. The van der Waals surface area contributed by atoms with Gasteiger partial charge in [0.05, 0.1) is 18.4 Å². The maximum Gasteiger partial charge on any atom is 0.227 e. The van der Waals surface area contributed by atoms with Crippen LogP contribution in [0.2, 0.25) is 0 Å². The molecule has 0 unspecified atom stereocenters. The molecule has 1 atom stereocenters. The summed E-state index contributed by atoms with van der Waals surface area (Å²) in [4.78, 5) is 21.5. The number of nitrogens with one attached hydrogen (secondary N) is 1. The number of fused-ring (bicyclic) bond motifs is 1. The van der Waals surface area contributed by atoms with Crippen molar-refractivity contribution in [3.63, 3.8) is 0 Å². The molecule has 1 aromatic heterocycles. The minimum atomic E-state index is 0.0963. The summed E-state index contributed by atoms with van der Waals surface area (Å²) < 4.78 is 5.22. The first-order chi connectivity index (χ1) is 13.1. The summed E-state index contributed by atoms with van der Waals surface area (Å²) in [5.74, 6) is 1.55. The number of ketones is 1. The monoisotopic (exact) mass is 359 g/mol. The quantitative estimate of drug-likeness (QED) is 0.745. The third kappa shape index (κ3) is 3.67. The van der Waals surface area contributed by atoms with Crippen LogP contribution >= 0.6 is 0 Å². The Kier molecular flexibility index (Phi) is 4.59. The molecule has 0 saturated carbocycles. The summed E-state index contributed by atoms with van der Waals surface area (Å²) in [6.45, 7) is 2.05. The van der Waals surface area contributed by atoms with E-state index >= 15 is 0 Å². The second-order valence-corrected chi connectivity index (χ2v) is 6.85. The SMILES string of the molecule is COc1ccc([C@@H]2CC(=O)c3cnc(Nc4ccc(C)cc4)nc3C2)cc1. The fraction of sp³-hybridized carbons (Fsp3) is 0.227. The number of carbonyl (C=O) groups is 1. The van der Waals surface area contributed by atoms with Crippen LogP contribution in [0.25, 0.3) is 0 Å². The number of aromatic nitrogens is 2. The van der Waals surface area contributed by atoms with Crippen molar-refractivity contribution < 1.29 is 9.53 Å². The van der Waals surface area contributed by atoms with E-state index in [0.29, 0.717) is 17.9 Å². The molecule has 0 radical (unpaired) electrons. The van der Waals surface area contributed by atoms with Crippen molar-refractivity contribution in [2.75, 3.05) is 12.4 Å². The molecule has 0 fully saturated rings. The summed E-state index contributed by atoms with van der Waals surface area (Å²) >= 11 is 0. The van der Waals surface area contributed by atoms with E-state index in [1.807, 2.05) is 55.5 Å². The van der Waals surface area contributed by atoms with Gasteiger partial charge in [-0.1, -0.05) is 29.8 Å². The molecule has 5 heteroatoms. The van der Waals surface area contributed by atoms with Gasteiger partial charge in [-0.25, -0.2) is 9.97 Å². The highest BCUT2D eigenvalue weighted by Crippen LogP contribution is 2.33. The number of ether oxygens (including phenoxy) is 1. The molecular weight excluding hydrogens is 338 g/mol. The molecule has 136 valence electrons. The highest BCUT2D eigenvalue weighted by atomic mass is 16.5. The molecule has 2 aromatic carbocycles. The molecule has 0 saturated heterocycles. The number of rotatable bonds is 4. The lowest BCUT2D eigenvalue weighted by Crippen LogP contribution is -2.21. The lowest BCUT2D eigenvalue weighted by molar-refractivity contribution is 0.0962. The van der Waals surface area contributed by atoms with Crippen LogP contribution in [0.1, 0.15) is 39.5 Å². The first-order valence-electron chi connectivity index (χ1n) is 8.99. The van der Waals surface area contributed by atoms with Crippen LogP contribution in [0.4, 0.5) is 11.6 Å². The maximum atomic E-state index is 12.6. The third-order valence-electron chi connectivity index (χ3n) is 4.93. The largest absolute Gasteiger partial charge is 0.497 e. The van der Waals surface area contributed by atoms with Gasteiger partial charge in [0.15, 0.2) is 5.78 Å². The summed E-state index contributed by atoms with van der Waals surface area (Å²) in [6.07, 6.45) is 2.84. The Bertz CT molecular complexity index is 966. The Morgan fingerprint density at radius 2 is 1.78 bits per heavy atom. The predicted molar refractivity (Wildman–Crippen MR) is 105 cm³/mol. The van der Waals surface area contributed by atoms with Crippen molar-refractivity contribution in [3.8, 4) is 5.75 Å². The Morgan fingerprint density at radius 3 is 2.48 bits per heavy atom. The number of hydrogen-bond acceptors (Lipinski definition) is 5. The number of methoxy groups -OCH3 is 1. The smallest absolute Gasteiger partial charge is 0.227 e. The van der Waals surface area contributed by atoms with E-state index in [1.54, 1.807) is 13.3 Å². The standard InChI is InChI=1S/C22H21N3O2/c1-14-3-7-17(8-4-14)24-22-23-13-19-20(25-22)11-16(12-21(19)26)15-5-9-18(27-2)10-6-15/h3-10,13,16H,11-12H2,1-2H3,(H,23,24,25)/t16-/m0/s1. The lowest BCUT2D eigenvalue weighted by Gasteiger charge is -2.23. The molecule has 1 aliphatic carbocycles. The van der Waals surface area contributed by atoms with Gasteiger partial charge in [0, 0.05) is 18.3 Å². The van der Waals surface area contributed by atoms with Crippen molar-refractivity contribution in [1.82, 2.24) is 9.97 Å². The summed E-state index contributed by atoms with van der Waals surface area (Å²) in [6, 6.07) is 15.9. The molecule has 3 aromatic rings. The zero-order valence-corrected chi connectivity index (χ0v) is 15.4. The Balaban J connectivity index is 1.58. The normalized spacial score (nSPS) is 15.9. The van der Waals surface area contributed by atoms with Crippen LogP contribution in [-0.2, 0) is 6.42 Å². The number of hydrogen-bond donors (Lipinski definition) is 1. The number of nitrogens with zero attached hydrogens (tertiary/aromatic N) is 2.